The smallest absolute Gasteiger partial charge is 0.125 e. The first-order valence-electron chi connectivity index (χ1n) is 5.63. The first-order valence-corrected chi connectivity index (χ1v) is 5.63. The molecule has 0 atom stereocenters. The van der Waals surface area contributed by atoms with Crippen molar-refractivity contribution in [2.45, 2.75) is 47.0 Å². The molecule has 2 N–H and O–H groups in total. The van der Waals surface area contributed by atoms with Crippen molar-refractivity contribution in [3.05, 3.63) is 22.3 Å². The fraction of sp³-hybridized carbons (Fsp3) is 0.538. The molecule has 0 aliphatic rings. The summed E-state index contributed by atoms with van der Waals surface area (Å²) in [7, 11) is 0. The molecule has 1 rings (SSSR count). The molecule has 0 aliphatic heterocycles. The molecular formula is C13H20O2. The Bertz CT molecular complexity index is 289. The van der Waals surface area contributed by atoms with Crippen LogP contribution in [0.1, 0.15) is 43.0 Å². The molecule has 0 unspecified atom stereocenters. The van der Waals surface area contributed by atoms with Crippen LogP contribution in [0.3, 0.4) is 0 Å². The summed E-state index contributed by atoms with van der Waals surface area (Å²) >= 11 is 0. The molecule has 2 heteroatoms. The normalized spacial score (nSPS) is 10.7. The molecule has 1 aromatic carbocycles. The molecule has 0 aromatic heterocycles. The van der Waals surface area contributed by atoms with Crippen LogP contribution < -0.4 is 0 Å². The minimum absolute atomic E-state index is 0.284. The highest BCUT2D eigenvalue weighted by atomic mass is 16.3. The van der Waals surface area contributed by atoms with E-state index in [1.807, 2.05) is 27.7 Å². The number of phenolic OH excluding ortho intramolecular Hbond substituents is 2. The van der Waals surface area contributed by atoms with Crippen molar-refractivity contribution in [1.82, 2.24) is 0 Å². The van der Waals surface area contributed by atoms with Crippen molar-refractivity contribution < 1.29 is 10.2 Å². The highest BCUT2D eigenvalue weighted by Gasteiger charge is 2.17. The lowest BCUT2D eigenvalue weighted by Crippen LogP contribution is -1.99. The van der Waals surface area contributed by atoms with Gasteiger partial charge in [-0.25, -0.2) is 0 Å². The van der Waals surface area contributed by atoms with Crippen molar-refractivity contribution in [2.24, 2.45) is 0 Å². The zero-order valence-electron chi connectivity index (χ0n) is 10.0. The maximum Gasteiger partial charge on any atom is 0.125 e. The van der Waals surface area contributed by atoms with Crippen molar-refractivity contribution in [2.75, 3.05) is 0 Å². The van der Waals surface area contributed by atoms with Gasteiger partial charge in [0.25, 0.3) is 0 Å². The van der Waals surface area contributed by atoms with E-state index in [9.17, 15) is 10.2 Å². The fourth-order valence-electron chi connectivity index (χ4n) is 2.21. The van der Waals surface area contributed by atoms with Crippen molar-refractivity contribution in [3.63, 3.8) is 0 Å². The SMILES string of the molecule is CCc1c(C)c(CC)c(O)c(CC)c1O. The minimum atomic E-state index is 0.284. The Hall–Kier alpha value is -1.18. The average molecular weight is 208 g/mol. The van der Waals surface area contributed by atoms with Crippen LogP contribution in [0.2, 0.25) is 0 Å². The van der Waals surface area contributed by atoms with E-state index in [0.717, 1.165) is 29.5 Å². The lowest BCUT2D eigenvalue weighted by atomic mass is 9.92. The van der Waals surface area contributed by atoms with Crippen molar-refractivity contribution >= 4 is 0 Å². The molecule has 0 heterocycles. The van der Waals surface area contributed by atoms with Crippen LogP contribution in [0, 0.1) is 6.92 Å². The molecule has 0 bridgehead atoms. The van der Waals surface area contributed by atoms with Gasteiger partial charge >= 0.3 is 0 Å². The summed E-state index contributed by atoms with van der Waals surface area (Å²) in [5, 5.41) is 20.0. The highest BCUT2D eigenvalue weighted by molar-refractivity contribution is 5.57. The van der Waals surface area contributed by atoms with Gasteiger partial charge in [-0.1, -0.05) is 20.8 Å². The largest absolute Gasteiger partial charge is 0.507 e. The number of phenols is 2. The molecule has 0 radical (unpaired) electrons. The molecule has 0 saturated heterocycles. The van der Waals surface area contributed by atoms with Crippen LogP contribution in [-0.4, -0.2) is 10.2 Å². The number of rotatable bonds is 3. The van der Waals surface area contributed by atoms with Gasteiger partial charge in [-0.3, -0.25) is 0 Å². The van der Waals surface area contributed by atoms with Gasteiger partial charge in [-0.05, 0) is 42.9 Å². The summed E-state index contributed by atoms with van der Waals surface area (Å²) in [4.78, 5) is 0. The van der Waals surface area contributed by atoms with Gasteiger partial charge in [0.05, 0.1) is 0 Å². The molecule has 84 valence electrons. The van der Waals surface area contributed by atoms with Crippen molar-refractivity contribution in [1.29, 1.82) is 0 Å². The summed E-state index contributed by atoms with van der Waals surface area (Å²) in [5.41, 5.74) is 3.67. The summed E-state index contributed by atoms with van der Waals surface area (Å²) in [6.07, 6.45) is 2.27. The van der Waals surface area contributed by atoms with Gasteiger partial charge in [0.2, 0.25) is 0 Å². The molecule has 0 saturated carbocycles. The molecule has 0 fully saturated rings. The second kappa shape index (κ2) is 4.56. The number of aromatic hydroxyl groups is 2. The van der Waals surface area contributed by atoms with Crippen LogP contribution in [0.5, 0.6) is 11.5 Å². The van der Waals surface area contributed by atoms with E-state index in [-0.39, 0.29) is 11.5 Å². The lowest BCUT2D eigenvalue weighted by molar-refractivity contribution is 0.430. The molecule has 1 aromatic rings. The third-order valence-corrected chi connectivity index (χ3v) is 3.11. The molecule has 0 amide bonds. The minimum Gasteiger partial charge on any atom is -0.507 e. The summed E-state index contributed by atoms with van der Waals surface area (Å²) in [6, 6.07) is 0. The second-order valence-electron chi connectivity index (χ2n) is 3.82. The average Bonchev–Trinajstić information content (AvgIpc) is 2.19. The van der Waals surface area contributed by atoms with Gasteiger partial charge in [-0.2, -0.15) is 0 Å². The van der Waals surface area contributed by atoms with Crippen LogP contribution in [0.15, 0.2) is 0 Å². The van der Waals surface area contributed by atoms with E-state index < -0.39 is 0 Å². The summed E-state index contributed by atoms with van der Waals surface area (Å²) < 4.78 is 0. The number of hydrogen-bond acceptors (Lipinski definition) is 2. The molecule has 0 aliphatic carbocycles. The number of benzene rings is 1. The van der Waals surface area contributed by atoms with Gasteiger partial charge in [0, 0.05) is 5.56 Å². The molecule has 0 spiro atoms. The molecule has 2 nitrogen and oxygen atoms in total. The maximum absolute atomic E-state index is 10.0. The fourth-order valence-corrected chi connectivity index (χ4v) is 2.21. The van der Waals surface area contributed by atoms with E-state index in [2.05, 4.69) is 0 Å². The Morgan fingerprint density at radius 1 is 0.733 bits per heavy atom. The first-order chi connectivity index (χ1) is 7.08. The topological polar surface area (TPSA) is 40.5 Å². The zero-order chi connectivity index (χ0) is 11.6. The predicted molar refractivity (Wildman–Crippen MR) is 62.6 cm³/mol. The third kappa shape index (κ3) is 1.81. The van der Waals surface area contributed by atoms with Gasteiger partial charge < -0.3 is 10.2 Å². The number of hydrogen-bond donors (Lipinski definition) is 2. The zero-order valence-corrected chi connectivity index (χ0v) is 10.0. The Morgan fingerprint density at radius 3 is 1.33 bits per heavy atom. The Balaban J connectivity index is 3.57. The van der Waals surface area contributed by atoms with Gasteiger partial charge in [0.15, 0.2) is 0 Å². The summed E-state index contributed by atoms with van der Waals surface area (Å²) in [6.45, 7) is 7.97. The van der Waals surface area contributed by atoms with Crippen LogP contribution >= 0.6 is 0 Å². The van der Waals surface area contributed by atoms with Crippen LogP contribution in [-0.2, 0) is 19.3 Å². The van der Waals surface area contributed by atoms with E-state index in [1.165, 1.54) is 0 Å². The first kappa shape index (κ1) is 11.9. The predicted octanol–water partition coefficient (Wildman–Crippen LogP) is 3.09. The second-order valence-corrected chi connectivity index (χ2v) is 3.82. The summed E-state index contributed by atoms with van der Waals surface area (Å²) in [5.74, 6) is 0.569. The van der Waals surface area contributed by atoms with Crippen molar-refractivity contribution in [3.8, 4) is 11.5 Å². The van der Waals surface area contributed by atoms with Crippen LogP contribution in [0.4, 0.5) is 0 Å². The van der Waals surface area contributed by atoms with Gasteiger partial charge in [0.1, 0.15) is 11.5 Å². The monoisotopic (exact) mass is 208 g/mol. The van der Waals surface area contributed by atoms with Crippen LogP contribution in [0.25, 0.3) is 0 Å². The lowest BCUT2D eigenvalue weighted by Gasteiger charge is -2.17. The van der Waals surface area contributed by atoms with E-state index >= 15 is 0 Å². The van der Waals surface area contributed by atoms with E-state index in [1.54, 1.807) is 0 Å². The Labute approximate surface area is 91.6 Å². The Morgan fingerprint density at radius 2 is 1.07 bits per heavy atom. The third-order valence-electron chi connectivity index (χ3n) is 3.11. The maximum atomic E-state index is 10.0. The van der Waals surface area contributed by atoms with E-state index in [4.69, 9.17) is 0 Å². The Kier molecular flexibility index (Phi) is 3.61. The van der Waals surface area contributed by atoms with Gasteiger partial charge in [-0.15, -0.1) is 0 Å². The molecular weight excluding hydrogens is 188 g/mol. The molecule has 15 heavy (non-hydrogen) atoms. The quantitative estimate of drug-likeness (QED) is 0.801. The highest BCUT2D eigenvalue weighted by Crippen LogP contribution is 2.38. The van der Waals surface area contributed by atoms with E-state index in [0.29, 0.717) is 12.0 Å². The standard InChI is InChI=1S/C13H20O2/c1-5-9-8(4)10(6-2)13(15)11(7-3)12(9)14/h14-15H,5-7H2,1-4H3.